The molecule has 1 heterocycles. The van der Waals surface area contributed by atoms with Gasteiger partial charge in [0.05, 0.1) is 12.2 Å². The Morgan fingerprint density at radius 1 is 1.04 bits per heavy atom. The van der Waals surface area contributed by atoms with E-state index in [-0.39, 0.29) is 24.8 Å². The van der Waals surface area contributed by atoms with E-state index >= 15 is 0 Å². The number of aromatic nitrogens is 1. The van der Waals surface area contributed by atoms with Crippen molar-refractivity contribution in [2.75, 3.05) is 6.54 Å². The molecular weight excluding hydrogens is 321 g/mol. The maximum Gasteiger partial charge on any atom is 0.234 e. The van der Waals surface area contributed by atoms with Gasteiger partial charge in [-0.25, -0.2) is 9.37 Å². The molecule has 3 rings (SSSR count). The summed E-state index contributed by atoms with van der Waals surface area (Å²) >= 11 is 0. The summed E-state index contributed by atoms with van der Waals surface area (Å²) < 4.78 is 18.9. The van der Waals surface area contributed by atoms with Crippen LogP contribution >= 0.6 is 0 Å². The predicted molar refractivity (Wildman–Crippen MR) is 91.9 cm³/mol. The first-order valence-corrected chi connectivity index (χ1v) is 7.93. The second-order valence-corrected chi connectivity index (χ2v) is 5.48. The largest absolute Gasteiger partial charge is 0.444 e. The summed E-state index contributed by atoms with van der Waals surface area (Å²) in [5.74, 6) is 0.00299. The van der Waals surface area contributed by atoms with Crippen molar-refractivity contribution in [2.24, 2.45) is 0 Å². The van der Waals surface area contributed by atoms with Crippen molar-refractivity contribution in [3.05, 3.63) is 77.9 Å². The smallest absolute Gasteiger partial charge is 0.234 e. The van der Waals surface area contributed by atoms with Crippen LogP contribution in [0.2, 0.25) is 0 Å². The maximum absolute atomic E-state index is 13.5. The van der Waals surface area contributed by atoms with Gasteiger partial charge < -0.3 is 15.1 Å². The van der Waals surface area contributed by atoms with E-state index in [1.54, 1.807) is 24.5 Å². The van der Waals surface area contributed by atoms with Crippen molar-refractivity contribution in [1.82, 2.24) is 15.6 Å². The van der Waals surface area contributed by atoms with Crippen LogP contribution in [0, 0.1) is 5.82 Å². The van der Waals surface area contributed by atoms with Crippen molar-refractivity contribution in [1.29, 1.82) is 0 Å². The van der Waals surface area contributed by atoms with Crippen molar-refractivity contribution >= 4 is 5.91 Å². The normalized spacial score (nSPS) is 10.6. The third kappa shape index (κ3) is 4.74. The minimum Gasteiger partial charge on any atom is -0.444 e. The number of nitrogens with zero attached hydrogens (tertiary/aromatic N) is 1. The third-order valence-electron chi connectivity index (χ3n) is 3.60. The van der Waals surface area contributed by atoms with Crippen LogP contribution in [-0.2, 0) is 17.9 Å². The highest BCUT2D eigenvalue weighted by Gasteiger charge is 2.07. The minimum atomic E-state index is -0.327. The Morgan fingerprint density at radius 2 is 1.80 bits per heavy atom. The molecule has 6 heteroatoms. The average Bonchev–Trinajstić information content (AvgIpc) is 3.11. The number of hydrogen-bond donors (Lipinski definition) is 2. The SMILES string of the molecule is O=C(CNCc1coc(-c2ccccc2)n1)NCc1ccccc1F. The first-order chi connectivity index (χ1) is 12.2. The van der Waals surface area contributed by atoms with Gasteiger partial charge >= 0.3 is 0 Å². The lowest BCUT2D eigenvalue weighted by Gasteiger charge is -2.06. The Labute approximate surface area is 144 Å². The highest BCUT2D eigenvalue weighted by atomic mass is 19.1. The van der Waals surface area contributed by atoms with Gasteiger partial charge in [0.2, 0.25) is 11.8 Å². The zero-order chi connectivity index (χ0) is 17.5. The van der Waals surface area contributed by atoms with Gasteiger partial charge in [-0.1, -0.05) is 36.4 Å². The number of nitrogens with one attached hydrogen (secondary N) is 2. The molecule has 0 fully saturated rings. The Hall–Kier alpha value is -2.99. The van der Waals surface area contributed by atoms with Gasteiger partial charge in [-0.15, -0.1) is 0 Å². The topological polar surface area (TPSA) is 67.2 Å². The number of oxazole rings is 1. The van der Waals surface area contributed by atoms with E-state index in [9.17, 15) is 9.18 Å². The van der Waals surface area contributed by atoms with Crippen LogP contribution < -0.4 is 10.6 Å². The Kier molecular flexibility index (Phi) is 5.53. The second-order valence-electron chi connectivity index (χ2n) is 5.48. The van der Waals surface area contributed by atoms with Crippen LogP contribution in [0.5, 0.6) is 0 Å². The Morgan fingerprint density at radius 3 is 2.60 bits per heavy atom. The van der Waals surface area contributed by atoms with Crippen LogP contribution in [-0.4, -0.2) is 17.4 Å². The van der Waals surface area contributed by atoms with Gasteiger partial charge in [0.25, 0.3) is 0 Å². The predicted octanol–water partition coefficient (Wildman–Crippen LogP) is 2.89. The molecule has 128 valence electrons. The summed E-state index contributed by atoms with van der Waals surface area (Å²) in [6.07, 6.45) is 1.56. The number of carbonyl (C=O) groups is 1. The molecule has 2 aromatic carbocycles. The zero-order valence-electron chi connectivity index (χ0n) is 13.5. The highest BCUT2D eigenvalue weighted by molar-refractivity contribution is 5.77. The molecule has 0 bridgehead atoms. The molecule has 0 atom stereocenters. The average molecular weight is 339 g/mol. The Balaban J connectivity index is 1.43. The van der Waals surface area contributed by atoms with Gasteiger partial charge in [0.15, 0.2) is 0 Å². The van der Waals surface area contributed by atoms with Crippen molar-refractivity contribution in [2.45, 2.75) is 13.1 Å². The maximum atomic E-state index is 13.5. The van der Waals surface area contributed by atoms with Crippen LogP contribution in [0.25, 0.3) is 11.5 Å². The van der Waals surface area contributed by atoms with Gasteiger partial charge in [0, 0.05) is 24.2 Å². The monoisotopic (exact) mass is 339 g/mol. The summed E-state index contributed by atoms with van der Waals surface area (Å²) in [4.78, 5) is 16.2. The van der Waals surface area contributed by atoms with Gasteiger partial charge in [0.1, 0.15) is 12.1 Å². The molecule has 0 saturated heterocycles. The molecule has 0 unspecified atom stereocenters. The number of halogens is 1. The molecule has 0 spiro atoms. The second kappa shape index (κ2) is 8.21. The fraction of sp³-hybridized carbons (Fsp3) is 0.158. The van der Waals surface area contributed by atoms with Crippen molar-refractivity contribution in [3.8, 4) is 11.5 Å². The van der Waals surface area contributed by atoms with Crippen LogP contribution in [0.15, 0.2) is 65.3 Å². The molecule has 1 amide bonds. The number of rotatable bonds is 7. The van der Waals surface area contributed by atoms with E-state index in [1.165, 1.54) is 6.07 Å². The summed E-state index contributed by atoms with van der Waals surface area (Å²) in [5.41, 5.74) is 2.07. The van der Waals surface area contributed by atoms with E-state index in [4.69, 9.17) is 4.42 Å². The Bertz CT molecular complexity index is 833. The van der Waals surface area contributed by atoms with E-state index in [2.05, 4.69) is 15.6 Å². The van der Waals surface area contributed by atoms with Crippen LogP contribution in [0.1, 0.15) is 11.3 Å². The first-order valence-electron chi connectivity index (χ1n) is 7.93. The number of carbonyl (C=O) groups excluding carboxylic acids is 1. The fourth-order valence-corrected chi connectivity index (χ4v) is 2.30. The first kappa shape index (κ1) is 16.9. The lowest BCUT2D eigenvalue weighted by atomic mass is 10.2. The zero-order valence-corrected chi connectivity index (χ0v) is 13.5. The van der Waals surface area contributed by atoms with Crippen LogP contribution in [0.3, 0.4) is 0 Å². The lowest BCUT2D eigenvalue weighted by Crippen LogP contribution is -2.33. The van der Waals surface area contributed by atoms with Gasteiger partial charge in [-0.2, -0.15) is 0 Å². The quantitative estimate of drug-likeness (QED) is 0.695. The molecular formula is C19H18FN3O2. The summed E-state index contributed by atoms with van der Waals surface area (Å²) in [6.45, 7) is 0.681. The molecule has 1 aromatic heterocycles. The summed E-state index contributed by atoms with van der Waals surface area (Å²) in [5, 5.41) is 5.66. The van der Waals surface area contributed by atoms with Gasteiger partial charge in [-0.3, -0.25) is 4.79 Å². The van der Waals surface area contributed by atoms with Crippen molar-refractivity contribution < 1.29 is 13.6 Å². The fourth-order valence-electron chi connectivity index (χ4n) is 2.30. The molecule has 0 aliphatic carbocycles. The summed E-state index contributed by atoms with van der Waals surface area (Å²) in [6, 6.07) is 15.9. The van der Waals surface area contributed by atoms with Crippen LogP contribution in [0.4, 0.5) is 4.39 Å². The molecule has 0 radical (unpaired) electrons. The standard InChI is InChI=1S/C19H18FN3O2/c20-17-9-5-4-8-15(17)10-22-18(24)12-21-11-16-13-25-19(23-16)14-6-2-1-3-7-14/h1-9,13,21H,10-12H2,(H,22,24). The van der Waals surface area contributed by atoms with E-state index in [0.717, 1.165) is 5.56 Å². The number of benzene rings is 2. The molecule has 0 aliphatic rings. The van der Waals surface area contributed by atoms with Gasteiger partial charge in [-0.05, 0) is 18.2 Å². The molecule has 25 heavy (non-hydrogen) atoms. The number of hydrogen-bond acceptors (Lipinski definition) is 4. The molecule has 5 nitrogen and oxygen atoms in total. The molecule has 0 saturated carbocycles. The van der Waals surface area contributed by atoms with E-state index in [0.29, 0.717) is 23.7 Å². The van der Waals surface area contributed by atoms with E-state index < -0.39 is 0 Å². The number of amides is 1. The molecule has 3 aromatic rings. The van der Waals surface area contributed by atoms with E-state index in [1.807, 2.05) is 30.3 Å². The highest BCUT2D eigenvalue weighted by Crippen LogP contribution is 2.17. The third-order valence-corrected chi connectivity index (χ3v) is 3.60. The summed E-state index contributed by atoms with van der Waals surface area (Å²) in [7, 11) is 0. The lowest BCUT2D eigenvalue weighted by molar-refractivity contribution is -0.120. The van der Waals surface area contributed by atoms with Crippen molar-refractivity contribution in [3.63, 3.8) is 0 Å². The molecule has 0 aliphatic heterocycles. The molecule has 2 N–H and O–H groups in total. The minimum absolute atomic E-state index is 0.113.